The molecule has 4 rings (SSSR count). The van der Waals surface area contributed by atoms with E-state index in [2.05, 4.69) is 17.4 Å². The van der Waals surface area contributed by atoms with E-state index in [9.17, 15) is 9.59 Å². The number of likely N-dealkylation sites (tertiary alicyclic amines) is 1. The summed E-state index contributed by atoms with van der Waals surface area (Å²) in [6, 6.07) is 13.3. The van der Waals surface area contributed by atoms with Crippen molar-refractivity contribution in [3.63, 3.8) is 0 Å². The molecule has 30 heavy (non-hydrogen) atoms. The Kier molecular flexibility index (Phi) is 6.36. The molecule has 0 saturated carbocycles. The summed E-state index contributed by atoms with van der Waals surface area (Å²) < 4.78 is 5.92. The van der Waals surface area contributed by atoms with Crippen LogP contribution in [0.3, 0.4) is 0 Å². The molecule has 1 aliphatic carbocycles. The van der Waals surface area contributed by atoms with Crippen LogP contribution in [0.4, 0.5) is 5.69 Å². The highest BCUT2D eigenvalue weighted by Gasteiger charge is 2.23. The number of carbonyl (C=O) groups is 2. The number of benzene rings is 2. The number of carbonyl (C=O) groups excluding carboxylic acids is 2. The van der Waals surface area contributed by atoms with Crippen LogP contribution in [0.25, 0.3) is 0 Å². The second-order valence-corrected chi connectivity index (χ2v) is 8.29. The van der Waals surface area contributed by atoms with Crippen LogP contribution in [0.1, 0.15) is 60.5 Å². The van der Waals surface area contributed by atoms with Crippen LogP contribution < -0.4 is 10.1 Å². The fourth-order valence-corrected chi connectivity index (χ4v) is 4.32. The standard InChI is InChI=1S/C25H30N2O3/c1-18(30-21-14-13-19-9-3-4-10-20(19)17-21)24(28)26-23-12-6-5-11-22(23)25(29)27-15-7-2-8-16-27/h5-6,11-14,17-18H,2-4,7-10,15-16H2,1H3,(H,26,28). The SMILES string of the molecule is CC(Oc1ccc2c(c1)CCCC2)C(=O)Nc1ccccc1C(=O)N1CCCCC1. The number of piperidine rings is 1. The van der Waals surface area contributed by atoms with Gasteiger partial charge in [-0.15, -0.1) is 0 Å². The molecule has 0 radical (unpaired) electrons. The second-order valence-electron chi connectivity index (χ2n) is 8.29. The molecule has 0 spiro atoms. The van der Waals surface area contributed by atoms with E-state index in [0.29, 0.717) is 11.3 Å². The van der Waals surface area contributed by atoms with Gasteiger partial charge in [0, 0.05) is 13.1 Å². The zero-order valence-corrected chi connectivity index (χ0v) is 17.7. The largest absolute Gasteiger partial charge is 0.481 e. The topological polar surface area (TPSA) is 58.6 Å². The predicted molar refractivity (Wildman–Crippen MR) is 118 cm³/mol. The van der Waals surface area contributed by atoms with Gasteiger partial charge >= 0.3 is 0 Å². The average molecular weight is 407 g/mol. The van der Waals surface area contributed by atoms with Gasteiger partial charge in [-0.25, -0.2) is 0 Å². The molecule has 2 aromatic carbocycles. The first-order valence-corrected chi connectivity index (χ1v) is 11.1. The fraction of sp³-hybridized carbons (Fsp3) is 0.440. The van der Waals surface area contributed by atoms with Crippen LogP contribution in [0.5, 0.6) is 5.75 Å². The third kappa shape index (κ3) is 4.66. The molecule has 1 heterocycles. The van der Waals surface area contributed by atoms with Gasteiger partial charge in [-0.2, -0.15) is 0 Å². The molecule has 1 N–H and O–H groups in total. The summed E-state index contributed by atoms with van der Waals surface area (Å²) in [5.74, 6) is 0.441. The van der Waals surface area contributed by atoms with Crippen molar-refractivity contribution in [1.82, 2.24) is 4.90 Å². The molecule has 1 fully saturated rings. The van der Waals surface area contributed by atoms with Gasteiger partial charge in [0.2, 0.25) is 0 Å². The highest BCUT2D eigenvalue weighted by molar-refractivity contribution is 6.04. The lowest BCUT2D eigenvalue weighted by Gasteiger charge is -2.27. The summed E-state index contributed by atoms with van der Waals surface area (Å²) >= 11 is 0. The van der Waals surface area contributed by atoms with E-state index in [1.54, 1.807) is 19.1 Å². The van der Waals surface area contributed by atoms with Crippen molar-refractivity contribution < 1.29 is 14.3 Å². The average Bonchev–Trinajstić information content (AvgIpc) is 2.79. The zero-order valence-electron chi connectivity index (χ0n) is 17.7. The van der Waals surface area contributed by atoms with Gasteiger partial charge in [-0.05, 0) is 87.3 Å². The Morgan fingerprint density at radius 3 is 2.47 bits per heavy atom. The van der Waals surface area contributed by atoms with E-state index in [4.69, 9.17) is 4.74 Å². The summed E-state index contributed by atoms with van der Waals surface area (Å²) in [5, 5.41) is 2.90. The van der Waals surface area contributed by atoms with Gasteiger partial charge in [0.25, 0.3) is 11.8 Å². The summed E-state index contributed by atoms with van der Waals surface area (Å²) in [7, 11) is 0. The van der Waals surface area contributed by atoms with Gasteiger partial charge in [0.05, 0.1) is 11.3 Å². The molecule has 158 valence electrons. The number of hydrogen-bond acceptors (Lipinski definition) is 3. The minimum absolute atomic E-state index is 0.0196. The first kappa shape index (κ1) is 20.5. The highest BCUT2D eigenvalue weighted by atomic mass is 16.5. The van der Waals surface area contributed by atoms with Crippen LogP contribution in [-0.2, 0) is 17.6 Å². The minimum atomic E-state index is -0.662. The lowest BCUT2D eigenvalue weighted by atomic mass is 9.92. The predicted octanol–water partition coefficient (Wildman–Crippen LogP) is 4.60. The third-order valence-corrected chi connectivity index (χ3v) is 6.06. The number of para-hydroxylation sites is 1. The van der Waals surface area contributed by atoms with Crippen LogP contribution >= 0.6 is 0 Å². The first-order chi connectivity index (χ1) is 14.6. The molecular formula is C25H30N2O3. The molecule has 2 aromatic rings. The molecule has 5 nitrogen and oxygen atoms in total. The van der Waals surface area contributed by atoms with Crippen molar-refractivity contribution in [2.24, 2.45) is 0 Å². The van der Waals surface area contributed by atoms with E-state index < -0.39 is 6.10 Å². The van der Waals surface area contributed by atoms with E-state index >= 15 is 0 Å². The number of nitrogens with zero attached hydrogens (tertiary/aromatic N) is 1. The second kappa shape index (κ2) is 9.33. The van der Waals surface area contributed by atoms with Crippen molar-refractivity contribution in [3.05, 3.63) is 59.2 Å². The van der Waals surface area contributed by atoms with E-state index in [1.165, 1.54) is 30.4 Å². The number of amides is 2. The lowest BCUT2D eigenvalue weighted by molar-refractivity contribution is -0.122. The molecule has 1 atom stereocenters. The Labute approximate surface area is 178 Å². The molecule has 0 bridgehead atoms. The van der Waals surface area contributed by atoms with Crippen LogP contribution in [0.15, 0.2) is 42.5 Å². The van der Waals surface area contributed by atoms with Crippen LogP contribution in [-0.4, -0.2) is 35.9 Å². The highest BCUT2D eigenvalue weighted by Crippen LogP contribution is 2.26. The monoisotopic (exact) mass is 406 g/mol. The molecule has 1 saturated heterocycles. The van der Waals surface area contributed by atoms with Crippen molar-refractivity contribution in [3.8, 4) is 5.75 Å². The molecule has 2 aliphatic rings. The Morgan fingerprint density at radius 2 is 1.67 bits per heavy atom. The van der Waals surface area contributed by atoms with E-state index in [-0.39, 0.29) is 11.8 Å². The smallest absolute Gasteiger partial charge is 0.265 e. The maximum Gasteiger partial charge on any atom is 0.265 e. The van der Waals surface area contributed by atoms with Gasteiger partial charge < -0.3 is 15.0 Å². The van der Waals surface area contributed by atoms with E-state index in [1.807, 2.05) is 23.1 Å². The normalized spacial score (nSPS) is 17.0. The molecule has 2 amide bonds. The minimum Gasteiger partial charge on any atom is -0.481 e. The van der Waals surface area contributed by atoms with Crippen LogP contribution in [0, 0.1) is 0 Å². The Hall–Kier alpha value is -2.82. The maximum absolute atomic E-state index is 12.9. The van der Waals surface area contributed by atoms with E-state index in [0.717, 1.165) is 44.5 Å². The summed E-state index contributed by atoms with van der Waals surface area (Å²) in [6.07, 6.45) is 7.20. The molecular weight excluding hydrogens is 376 g/mol. The number of nitrogens with one attached hydrogen (secondary N) is 1. The molecule has 1 unspecified atom stereocenters. The number of rotatable bonds is 5. The van der Waals surface area contributed by atoms with Crippen molar-refractivity contribution in [1.29, 1.82) is 0 Å². The Morgan fingerprint density at radius 1 is 0.933 bits per heavy atom. The van der Waals surface area contributed by atoms with Gasteiger partial charge in [0.1, 0.15) is 5.75 Å². The van der Waals surface area contributed by atoms with Gasteiger partial charge in [0.15, 0.2) is 6.10 Å². The summed E-state index contributed by atoms with van der Waals surface area (Å²) in [5.41, 5.74) is 3.78. The molecule has 1 aliphatic heterocycles. The maximum atomic E-state index is 12.9. The van der Waals surface area contributed by atoms with Crippen molar-refractivity contribution in [2.75, 3.05) is 18.4 Å². The Bertz CT molecular complexity index is 918. The zero-order chi connectivity index (χ0) is 20.9. The van der Waals surface area contributed by atoms with Gasteiger partial charge in [-0.1, -0.05) is 18.2 Å². The van der Waals surface area contributed by atoms with Crippen LogP contribution in [0.2, 0.25) is 0 Å². The third-order valence-electron chi connectivity index (χ3n) is 6.06. The number of fused-ring (bicyclic) bond motifs is 1. The molecule has 5 heteroatoms. The van der Waals surface area contributed by atoms with Crippen molar-refractivity contribution in [2.45, 2.75) is 58.0 Å². The number of hydrogen-bond donors (Lipinski definition) is 1. The summed E-state index contributed by atoms with van der Waals surface area (Å²) in [4.78, 5) is 27.6. The van der Waals surface area contributed by atoms with Crippen molar-refractivity contribution >= 4 is 17.5 Å². The first-order valence-electron chi connectivity index (χ1n) is 11.1. The quantitative estimate of drug-likeness (QED) is 0.790. The summed E-state index contributed by atoms with van der Waals surface area (Å²) in [6.45, 7) is 3.29. The lowest BCUT2D eigenvalue weighted by Crippen LogP contribution is -2.36. The number of anilines is 1. The number of ether oxygens (including phenoxy) is 1. The van der Waals surface area contributed by atoms with Gasteiger partial charge in [-0.3, -0.25) is 9.59 Å². The Balaban J connectivity index is 1.43. The molecule has 0 aromatic heterocycles. The number of aryl methyl sites for hydroxylation is 2. The fourth-order valence-electron chi connectivity index (χ4n) is 4.32.